The second kappa shape index (κ2) is 5.19. The molecule has 100 valence electrons. The SMILES string of the molecule is NC(c1ccc(F)c(Cl)c1)c1ccc(F)c(F)c1F. The van der Waals surface area contributed by atoms with Crippen molar-refractivity contribution in [2.24, 2.45) is 5.73 Å². The molecule has 0 amide bonds. The van der Waals surface area contributed by atoms with Gasteiger partial charge in [-0.15, -0.1) is 0 Å². The molecule has 0 bridgehead atoms. The molecule has 1 atom stereocenters. The van der Waals surface area contributed by atoms with Gasteiger partial charge in [0.05, 0.1) is 11.1 Å². The van der Waals surface area contributed by atoms with Crippen molar-refractivity contribution >= 4 is 11.6 Å². The standard InChI is InChI=1S/C13H8ClF4N/c14-8-5-6(1-3-9(8)15)13(19)7-2-4-10(16)12(18)11(7)17/h1-5,13H,19H2. The number of hydrogen-bond acceptors (Lipinski definition) is 1. The number of halogens is 5. The molecule has 2 N–H and O–H groups in total. The molecule has 2 rings (SSSR count). The van der Waals surface area contributed by atoms with Crippen molar-refractivity contribution < 1.29 is 17.6 Å². The van der Waals surface area contributed by atoms with E-state index in [0.717, 1.165) is 18.2 Å². The highest BCUT2D eigenvalue weighted by atomic mass is 35.5. The molecule has 0 saturated heterocycles. The Labute approximate surface area is 111 Å². The summed E-state index contributed by atoms with van der Waals surface area (Å²) in [7, 11) is 0. The summed E-state index contributed by atoms with van der Waals surface area (Å²) < 4.78 is 52.5. The van der Waals surface area contributed by atoms with Gasteiger partial charge in [-0.2, -0.15) is 0 Å². The first kappa shape index (κ1) is 13.8. The minimum absolute atomic E-state index is 0.184. The summed E-state index contributed by atoms with van der Waals surface area (Å²) >= 11 is 5.58. The van der Waals surface area contributed by atoms with Crippen LogP contribution in [-0.2, 0) is 0 Å². The Kier molecular flexibility index (Phi) is 3.78. The summed E-state index contributed by atoms with van der Waals surface area (Å²) in [6, 6.07) is 4.31. The first-order chi connectivity index (χ1) is 8.91. The minimum atomic E-state index is -1.60. The molecule has 0 fully saturated rings. The topological polar surface area (TPSA) is 26.0 Å². The molecular formula is C13H8ClF4N. The van der Waals surface area contributed by atoms with E-state index in [1.165, 1.54) is 12.1 Å². The Morgan fingerprint density at radius 3 is 2.16 bits per heavy atom. The van der Waals surface area contributed by atoms with Crippen molar-refractivity contribution in [1.82, 2.24) is 0 Å². The molecule has 0 radical (unpaired) electrons. The molecule has 6 heteroatoms. The molecule has 1 nitrogen and oxygen atoms in total. The van der Waals surface area contributed by atoms with Crippen LogP contribution in [0.3, 0.4) is 0 Å². The third-order valence-corrected chi connectivity index (χ3v) is 2.99. The lowest BCUT2D eigenvalue weighted by atomic mass is 9.99. The highest BCUT2D eigenvalue weighted by molar-refractivity contribution is 6.30. The molecule has 0 saturated carbocycles. The highest BCUT2D eigenvalue weighted by Gasteiger charge is 2.20. The lowest BCUT2D eigenvalue weighted by molar-refractivity contribution is 0.438. The summed E-state index contributed by atoms with van der Waals surface area (Å²) in [5, 5.41) is -0.184. The van der Waals surface area contributed by atoms with E-state index >= 15 is 0 Å². The molecule has 0 heterocycles. The van der Waals surface area contributed by atoms with E-state index in [1.54, 1.807) is 0 Å². The van der Waals surface area contributed by atoms with Gasteiger partial charge in [0.1, 0.15) is 5.82 Å². The Morgan fingerprint density at radius 2 is 1.53 bits per heavy atom. The van der Waals surface area contributed by atoms with Gasteiger partial charge in [0.25, 0.3) is 0 Å². The Balaban J connectivity index is 2.47. The predicted octanol–water partition coefficient (Wildman–Crippen LogP) is 3.94. The van der Waals surface area contributed by atoms with E-state index in [1.807, 2.05) is 0 Å². The van der Waals surface area contributed by atoms with Crippen LogP contribution in [0.5, 0.6) is 0 Å². The second-order valence-electron chi connectivity index (χ2n) is 3.92. The van der Waals surface area contributed by atoms with Gasteiger partial charge in [0.2, 0.25) is 0 Å². The van der Waals surface area contributed by atoms with Crippen molar-refractivity contribution in [1.29, 1.82) is 0 Å². The second-order valence-corrected chi connectivity index (χ2v) is 4.32. The van der Waals surface area contributed by atoms with Gasteiger partial charge >= 0.3 is 0 Å². The smallest absolute Gasteiger partial charge is 0.194 e. The molecule has 19 heavy (non-hydrogen) atoms. The van der Waals surface area contributed by atoms with Crippen LogP contribution in [0.25, 0.3) is 0 Å². The van der Waals surface area contributed by atoms with Crippen molar-refractivity contribution in [3.05, 3.63) is 69.8 Å². The fourth-order valence-electron chi connectivity index (χ4n) is 1.67. The maximum absolute atomic E-state index is 13.6. The van der Waals surface area contributed by atoms with Gasteiger partial charge in [-0.05, 0) is 23.8 Å². The number of rotatable bonds is 2. The van der Waals surface area contributed by atoms with Gasteiger partial charge in [0.15, 0.2) is 17.5 Å². The number of nitrogens with two attached hydrogens (primary N) is 1. The van der Waals surface area contributed by atoms with Crippen LogP contribution in [-0.4, -0.2) is 0 Å². The third kappa shape index (κ3) is 2.57. The van der Waals surface area contributed by atoms with Crippen molar-refractivity contribution in [3.8, 4) is 0 Å². The van der Waals surface area contributed by atoms with Crippen molar-refractivity contribution in [2.45, 2.75) is 6.04 Å². The van der Waals surface area contributed by atoms with E-state index in [4.69, 9.17) is 17.3 Å². The molecule has 1 unspecified atom stereocenters. The molecular weight excluding hydrogens is 282 g/mol. The van der Waals surface area contributed by atoms with Crippen LogP contribution in [0.2, 0.25) is 5.02 Å². The average Bonchev–Trinajstić information content (AvgIpc) is 2.39. The Morgan fingerprint density at radius 1 is 0.895 bits per heavy atom. The summed E-state index contributed by atoms with van der Waals surface area (Å²) in [6.45, 7) is 0. The Hall–Kier alpha value is -1.59. The maximum Gasteiger partial charge on any atom is 0.194 e. The van der Waals surface area contributed by atoms with E-state index in [0.29, 0.717) is 0 Å². The number of benzene rings is 2. The molecule has 0 spiro atoms. The molecule has 0 aliphatic carbocycles. The fourth-order valence-corrected chi connectivity index (χ4v) is 1.86. The van der Waals surface area contributed by atoms with E-state index < -0.39 is 29.3 Å². The average molecular weight is 290 g/mol. The van der Waals surface area contributed by atoms with Crippen LogP contribution < -0.4 is 5.73 Å². The molecule has 2 aromatic rings. The first-order valence-electron chi connectivity index (χ1n) is 5.25. The van der Waals surface area contributed by atoms with Crippen LogP contribution in [0.1, 0.15) is 17.2 Å². The Bertz CT molecular complexity index is 630. The normalized spacial score (nSPS) is 12.5. The predicted molar refractivity (Wildman–Crippen MR) is 63.8 cm³/mol. The summed E-state index contributed by atoms with van der Waals surface area (Å²) in [5.74, 6) is -4.91. The fraction of sp³-hybridized carbons (Fsp3) is 0.0769. The van der Waals surface area contributed by atoms with Crippen LogP contribution in [0.4, 0.5) is 17.6 Å². The van der Waals surface area contributed by atoms with E-state index in [-0.39, 0.29) is 16.1 Å². The van der Waals surface area contributed by atoms with Gasteiger partial charge in [-0.1, -0.05) is 23.7 Å². The van der Waals surface area contributed by atoms with E-state index in [2.05, 4.69) is 0 Å². The number of hydrogen-bond donors (Lipinski definition) is 1. The third-order valence-electron chi connectivity index (χ3n) is 2.70. The molecule has 0 aliphatic rings. The lowest BCUT2D eigenvalue weighted by Crippen LogP contribution is -2.15. The largest absolute Gasteiger partial charge is 0.320 e. The maximum atomic E-state index is 13.6. The summed E-state index contributed by atoms with van der Waals surface area (Å²) in [5.41, 5.74) is 5.80. The van der Waals surface area contributed by atoms with Gasteiger partial charge in [0, 0.05) is 5.56 Å². The van der Waals surface area contributed by atoms with Crippen LogP contribution >= 0.6 is 11.6 Å². The molecule has 2 aromatic carbocycles. The van der Waals surface area contributed by atoms with Crippen LogP contribution in [0, 0.1) is 23.3 Å². The summed E-state index contributed by atoms with van der Waals surface area (Å²) in [6.07, 6.45) is 0. The first-order valence-corrected chi connectivity index (χ1v) is 5.63. The molecule has 0 aliphatic heterocycles. The zero-order valence-electron chi connectivity index (χ0n) is 9.43. The van der Waals surface area contributed by atoms with Crippen molar-refractivity contribution in [3.63, 3.8) is 0 Å². The summed E-state index contributed by atoms with van der Waals surface area (Å²) in [4.78, 5) is 0. The molecule has 0 aromatic heterocycles. The van der Waals surface area contributed by atoms with E-state index in [9.17, 15) is 17.6 Å². The zero-order chi connectivity index (χ0) is 14.2. The minimum Gasteiger partial charge on any atom is -0.320 e. The lowest BCUT2D eigenvalue weighted by Gasteiger charge is -2.14. The van der Waals surface area contributed by atoms with Gasteiger partial charge in [-0.3, -0.25) is 0 Å². The quantitative estimate of drug-likeness (QED) is 0.657. The van der Waals surface area contributed by atoms with Gasteiger partial charge < -0.3 is 5.73 Å². The van der Waals surface area contributed by atoms with Crippen LogP contribution in [0.15, 0.2) is 30.3 Å². The van der Waals surface area contributed by atoms with Gasteiger partial charge in [-0.25, -0.2) is 17.6 Å². The highest BCUT2D eigenvalue weighted by Crippen LogP contribution is 2.27. The van der Waals surface area contributed by atoms with Crippen molar-refractivity contribution in [2.75, 3.05) is 0 Å². The zero-order valence-corrected chi connectivity index (χ0v) is 10.2. The monoisotopic (exact) mass is 289 g/mol.